The lowest BCUT2D eigenvalue weighted by molar-refractivity contribution is -0.183. The Balaban J connectivity index is 2.05. The Morgan fingerprint density at radius 1 is 1.30 bits per heavy atom. The molecular formula is C13H14BrF3N2O. The highest BCUT2D eigenvalue weighted by atomic mass is 79.9. The van der Waals surface area contributed by atoms with E-state index in [4.69, 9.17) is 5.73 Å². The van der Waals surface area contributed by atoms with E-state index in [1.807, 2.05) is 0 Å². The van der Waals surface area contributed by atoms with Gasteiger partial charge in [0.25, 0.3) is 5.91 Å². The van der Waals surface area contributed by atoms with Crippen molar-refractivity contribution in [2.24, 2.45) is 5.92 Å². The molecule has 0 unspecified atom stereocenters. The van der Waals surface area contributed by atoms with Crippen LogP contribution in [-0.4, -0.2) is 30.1 Å². The Bertz CT molecular complexity index is 511. The fourth-order valence-electron chi connectivity index (χ4n) is 2.31. The largest absolute Gasteiger partial charge is 0.398 e. The summed E-state index contributed by atoms with van der Waals surface area (Å²) in [5.74, 6) is -1.62. The van der Waals surface area contributed by atoms with E-state index in [1.165, 1.54) is 4.90 Å². The number of carbonyl (C=O) groups is 1. The molecule has 2 N–H and O–H groups in total. The van der Waals surface area contributed by atoms with E-state index in [9.17, 15) is 18.0 Å². The summed E-state index contributed by atoms with van der Waals surface area (Å²) in [5, 5.41) is 0. The molecule has 1 aromatic rings. The van der Waals surface area contributed by atoms with Crippen LogP contribution in [0, 0.1) is 5.92 Å². The second kappa shape index (κ2) is 5.63. The van der Waals surface area contributed by atoms with Crippen LogP contribution in [0.15, 0.2) is 22.7 Å². The van der Waals surface area contributed by atoms with Crippen molar-refractivity contribution in [3.63, 3.8) is 0 Å². The third kappa shape index (κ3) is 3.26. The van der Waals surface area contributed by atoms with Crippen LogP contribution in [0.1, 0.15) is 23.2 Å². The highest BCUT2D eigenvalue weighted by molar-refractivity contribution is 9.10. The number of nitrogens with zero attached hydrogens (tertiary/aromatic N) is 1. The zero-order chi connectivity index (χ0) is 14.9. The summed E-state index contributed by atoms with van der Waals surface area (Å²) < 4.78 is 38.5. The van der Waals surface area contributed by atoms with Gasteiger partial charge < -0.3 is 10.6 Å². The van der Waals surface area contributed by atoms with Crippen molar-refractivity contribution in [2.75, 3.05) is 18.8 Å². The molecule has 3 nitrogen and oxygen atoms in total. The van der Waals surface area contributed by atoms with Crippen LogP contribution in [-0.2, 0) is 0 Å². The average Bonchev–Trinajstić information content (AvgIpc) is 2.37. The van der Waals surface area contributed by atoms with Crippen LogP contribution < -0.4 is 5.73 Å². The van der Waals surface area contributed by atoms with E-state index in [-0.39, 0.29) is 31.8 Å². The summed E-state index contributed by atoms with van der Waals surface area (Å²) in [7, 11) is 0. The molecule has 2 rings (SSSR count). The maximum atomic E-state index is 12.6. The molecule has 0 saturated carbocycles. The van der Waals surface area contributed by atoms with Crippen molar-refractivity contribution in [1.82, 2.24) is 4.90 Å². The first-order valence-electron chi connectivity index (χ1n) is 6.20. The molecule has 0 aromatic heterocycles. The first-order valence-corrected chi connectivity index (χ1v) is 6.99. The fraction of sp³-hybridized carbons (Fsp3) is 0.462. The highest BCUT2D eigenvalue weighted by Gasteiger charge is 2.41. The zero-order valence-corrected chi connectivity index (χ0v) is 12.2. The number of nitrogens with two attached hydrogens (primary N) is 1. The van der Waals surface area contributed by atoms with Gasteiger partial charge in [0.1, 0.15) is 0 Å². The van der Waals surface area contributed by atoms with Crippen molar-refractivity contribution in [3.8, 4) is 0 Å². The van der Waals surface area contributed by atoms with Gasteiger partial charge in [0.15, 0.2) is 0 Å². The molecule has 0 radical (unpaired) electrons. The standard InChI is InChI=1S/C13H14BrF3N2O/c14-9-1-2-10(11(18)7-9)12(20)19-5-3-8(4-6-19)13(15,16)17/h1-2,7-8H,3-6,18H2. The molecule has 1 aliphatic rings. The van der Waals surface area contributed by atoms with Crippen molar-refractivity contribution >= 4 is 27.5 Å². The molecule has 7 heteroatoms. The average molecular weight is 351 g/mol. The van der Waals surface area contributed by atoms with Gasteiger partial charge in [-0.1, -0.05) is 15.9 Å². The van der Waals surface area contributed by atoms with Gasteiger partial charge in [0.05, 0.1) is 11.5 Å². The highest BCUT2D eigenvalue weighted by Crippen LogP contribution is 2.34. The molecular weight excluding hydrogens is 337 g/mol. The summed E-state index contributed by atoms with van der Waals surface area (Å²) in [6.07, 6.45) is -4.27. The number of carbonyl (C=O) groups excluding carboxylic acids is 1. The van der Waals surface area contributed by atoms with Gasteiger partial charge in [-0.05, 0) is 31.0 Å². The minimum Gasteiger partial charge on any atom is -0.398 e. The molecule has 1 aliphatic heterocycles. The number of amides is 1. The lowest BCUT2D eigenvalue weighted by Gasteiger charge is -2.33. The van der Waals surface area contributed by atoms with Crippen LogP contribution >= 0.6 is 15.9 Å². The number of piperidine rings is 1. The molecule has 1 saturated heterocycles. The maximum absolute atomic E-state index is 12.6. The molecule has 0 bridgehead atoms. The minimum absolute atomic E-state index is 0.0499. The van der Waals surface area contributed by atoms with E-state index in [0.29, 0.717) is 11.3 Å². The molecule has 0 aliphatic carbocycles. The Morgan fingerprint density at radius 2 is 1.90 bits per heavy atom. The molecule has 1 heterocycles. The second-order valence-electron chi connectivity index (χ2n) is 4.84. The van der Waals surface area contributed by atoms with Crippen LogP contribution in [0.3, 0.4) is 0 Å². The number of halogens is 4. The van der Waals surface area contributed by atoms with Gasteiger partial charge in [0.2, 0.25) is 0 Å². The van der Waals surface area contributed by atoms with E-state index in [1.54, 1.807) is 18.2 Å². The Labute approximate surface area is 123 Å². The Morgan fingerprint density at radius 3 is 2.40 bits per heavy atom. The third-order valence-electron chi connectivity index (χ3n) is 3.49. The van der Waals surface area contributed by atoms with E-state index >= 15 is 0 Å². The van der Waals surface area contributed by atoms with Gasteiger partial charge in [-0.3, -0.25) is 4.79 Å². The molecule has 1 aromatic carbocycles. The third-order valence-corrected chi connectivity index (χ3v) is 3.98. The summed E-state index contributed by atoms with van der Waals surface area (Å²) in [4.78, 5) is 13.7. The van der Waals surface area contributed by atoms with Crippen molar-refractivity contribution in [3.05, 3.63) is 28.2 Å². The first-order chi connectivity index (χ1) is 9.29. The number of hydrogen-bond acceptors (Lipinski definition) is 2. The van der Waals surface area contributed by atoms with E-state index in [0.717, 1.165) is 4.47 Å². The number of benzene rings is 1. The number of alkyl halides is 3. The summed E-state index contributed by atoms with van der Waals surface area (Å²) in [6.45, 7) is 0.219. The SMILES string of the molecule is Nc1cc(Br)ccc1C(=O)N1CCC(C(F)(F)F)CC1. The van der Waals surface area contributed by atoms with Gasteiger partial charge in [0, 0.05) is 23.2 Å². The number of anilines is 1. The van der Waals surface area contributed by atoms with Gasteiger partial charge in [-0.15, -0.1) is 0 Å². The van der Waals surface area contributed by atoms with Gasteiger partial charge in [-0.2, -0.15) is 13.2 Å². The maximum Gasteiger partial charge on any atom is 0.391 e. The van der Waals surface area contributed by atoms with E-state index < -0.39 is 12.1 Å². The van der Waals surface area contributed by atoms with Crippen LogP contribution in [0.25, 0.3) is 0 Å². The molecule has 20 heavy (non-hydrogen) atoms. The lowest BCUT2D eigenvalue weighted by atomic mass is 9.95. The second-order valence-corrected chi connectivity index (χ2v) is 5.76. The summed E-state index contributed by atoms with van der Waals surface area (Å²) in [6, 6.07) is 4.87. The number of hydrogen-bond donors (Lipinski definition) is 1. The molecule has 0 spiro atoms. The number of rotatable bonds is 1. The van der Waals surface area contributed by atoms with Gasteiger partial charge >= 0.3 is 6.18 Å². The van der Waals surface area contributed by atoms with Crippen molar-refractivity contribution < 1.29 is 18.0 Å². The van der Waals surface area contributed by atoms with Crippen LogP contribution in [0.2, 0.25) is 0 Å². The smallest absolute Gasteiger partial charge is 0.391 e. The van der Waals surface area contributed by atoms with Gasteiger partial charge in [-0.25, -0.2) is 0 Å². The summed E-state index contributed by atoms with van der Waals surface area (Å²) in [5.41, 5.74) is 6.42. The normalized spacial score (nSPS) is 17.3. The molecule has 1 amide bonds. The predicted molar refractivity (Wildman–Crippen MR) is 73.2 cm³/mol. The topological polar surface area (TPSA) is 46.3 Å². The van der Waals surface area contributed by atoms with Crippen molar-refractivity contribution in [1.29, 1.82) is 0 Å². The van der Waals surface area contributed by atoms with Crippen molar-refractivity contribution in [2.45, 2.75) is 19.0 Å². The molecule has 110 valence electrons. The Hall–Kier alpha value is -1.24. The molecule has 1 fully saturated rings. The summed E-state index contributed by atoms with van der Waals surface area (Å²) >= 11 is 3.24. The van der Waals surface area contributed by atoms with Crippen LogP contribution in [0.4, 0.5) is 18.9 Å². The monoisotopic (exact) mass is 350 g/mol. The molecule has 0 atom stereocenters. The quantitative estimate of drug-likeness (QED) is 0.788. The zero-order valence-electron chi connectivity index (χ0n) is 10.6. The lowest BCUT2D eigenvalue weighted by Crippen LogP contribution is -2.42. The predicted octanol–water partition coefficient (Wildman–Crippen LogP) is 3.45. The van der Waals surface area contributed by atoms with Crippen LogP contribution in [0.5, 0.6) is 0 Å². The number of likely N-dealkylation sites (tertiary alicyclic amines) is 1. The first kappa shape index (κ1) is 15.2. The minimum atomic E-state index is -4.17. The van der Waals surface area contributed by atoms with E-state index in [2.05, 4.69) is 15.9 Å². The Kier molecular flexibility index (Phi) is 4.27. The fourth-order valence-corrected chi connectivity index (χ4v) is 2.69. The number of nitrogen functional groups attached to an aromatic ring is 1.